The zero-order valence-corrected chi connectivity index (χ0v) is 11.0. The maximum Gasteiger partial charge on any atom is 0.0992 e. The van der Waals surface area contributed by atoms with Crippen LogP contribution >= 0.6 is 15.9 Å². The number of aliphatic hydroxyl groups excluding tert-OH is 1. The van der Waals surface area contributed by atoms with Crippen molar-refractivity contribution >= 4 is 21.6 Å². The summed E-state index contributed by atoms with van der Waals surface area (Å²) in [5, 5.41) is 21.1. The lowest BCUT2D eigenvalue weighted by atomic mass is 10.0. The Hall–Kier alpha value is -1.05. The molecule has 0 amide bonds. The van der Waals surface area contributed by atoms with Crippen molar-refractivity contribution in [1.82, 2.24) is 0 Å². The number of nitrogens with one attached hydrogen (secondary N) is 1. The molecule has 86 valence electrons. The summed E-state index contributed by atoms with van der Waals surface area (Å²) in [6, 6.07) is 7.59. The van der Waals surface area contributed by atoms with E-state index in [-0.39, 0.29) is 12.1 Å². The quantitative estimate of drug-likeness (QED) is 0.893. The van der Waals surface area contributed by atoms with Crippen LogP contribution in [0.5, 0.6) is 0 Å². The minimum absolute atomic E-state index is 0.138. The highest BCUT2D eigenvalue weighted by molar-refractivity contribution is 9.10. The molecule has 0 aliphatic rings. The van der Waals surface area contributed by atoms with Gasteiger partial charge in [0.15, 0.2) is 0 Å². The lowest BCUT2D eigenvalue weighted by Crippen LogP contribution is -2.31. The van der Waals surface area contributed by atoms with Gasteiger partial charge in [-0.3, -0.25) is 0 Å². The monoisotopic (exact) mass is 282 g/mol. The van der Waals surface area contributed by atoms with Gasteiger partial charge in [0, 0.05) is 22.3 Å². The van der Waals surface area contributed by atoms with Gasteiger partial charge in [0.1, 0.15) is 0 Å². The van der Waals surface area contributed by atoms with Crippen LogP contribution in [0.2, 0.25) is 0 Å². The van der Waals surface area contributed by atoms with Crippen molar-refractivity contribution in [3.63, 3.8) is 0 Å². The first-order valence-electron chi connectivity index (χ1n) is 5.06. The molecule has 1 aromatic carbocycles. The summed E-state index contributed by atoms with van der Waals surface area (Å²) in [4.78, 5) is 0. The van der Waals surface area contributed by atoms with Gasteiger partial charge in [0.25, 0.3) is 0 Å². The third-order valence-electron chi connectivity index (χ3n) is 2.25. The number of benzene rings is 1. The van der Waals surface area contributed by atoms with Crippen LogP contribution in [0, 0.1) is 11.3 Å². The smallest absolute Gasteiger partial charge is 0.0992 e. The second-order valence-electron chi connectivity index (χ2n) is 4.32. The summed E-state index contributed by atoms with van der Waals surface area (Å²) in [6.45, 7) is 4.16. The summed E-state index contributed by atoms with van der Waals surface area (Å²) in [5.74, 6) is 0. The normalized spacial score (nSPS) is 10.9. The van der Waals surface area contributed by atoms with Crippen LogP contribution < -0.4 is 5.32 Å². The number of rotatable bonds is 4. The fourth-order valence-electron chi connectivity index (χ4n) is 1.46. The van der Waals surface area contributed by atoms with Crippen molar-refractivity contribution in [1.29, 1.82) is 5.26 Å². The second-order valence-corrected chi connectivity index (χ2v) is 5.24. The highest BCUT2D eigenvalue weighted by atomic mass is 79.9. The summed E-state index contributed by atoms with van der Waals surface area (Å²) >= 11 is 3.36. The number of nitrogens with zero attached hydrogens (tertiary/aromatic N) is 1. The SMILES string of the molecule is CC(C)(CCO)Nc1cc(Br)cc(C#N)c1. The Kier molecular flexibility index (Phi) is 4.34. The summed E-state index contributed by atoms with van der Waals surface area (Å²) < 4.78 is 0.869. The van der Waals surface area contributed by atoms with Crippen LogP contribution in [0.1, 0.15) is 25.8 Å². The lowest BCUT2D eigenvalue weighted by Gasteiger charge is -2.27. The minimum atomic E-state index is -0.192. The van der Waals surface area contributed by atoms with Crippen LogP contribution in [0.25, 0.3) is 0 Å². The van der Waals surface area contributed by atoms with E-state index in [1.807, 2.05) is 19.9 Å². The average molecular weight is 283 g/mol. The predicted molar refractivity (Wildman–Crippen MR) is 68.3 cm³/mol. The first-order valence-corrected chi connectivity index (χ1v) is 5.86. The maximum atomic E-state index is 8.93. The molecule has 1 aromatic rings. The van der Waals surface area contributed by atoms with Gasteiger partial charge in [-0.1, -0.05) is 15.9 Å². The van der Waals surface area contributed by atoms with Crippen LogP contribution in [-0.4, -0.2) is 17.3 Å². The molecule has 0 bridgehead atoms. The fourth-order valence-corrected chi connectivity index (χ4v) is 1.95. The van der Waals surface area contributed by atoms with Gasteiger partial charge in [-0.25, -0.2) is 0 Å². The Labute approximate surface area is 104 Å². The molecule has 4 heteroatoms. The number of nitriles is 1. The van der Waals surface area contributed by atoms with E-state index < -0.39 is 0 Å². The zero-order chi connectivity index (χ0) is 12.2. The molecular weight excluding hydrogens is 268 g/mol. The van der Waals surface area contributed by atoms with E-state index in [9.17, 15) is 0 Å². The standard InChI is InChI=1S/C12H15BrN2O/c1-12(2,3-4-16)15-11-6-9(8-14)5-10(13)7-11/h5-7,15-16H,3-4H2,1-2H3. The van der Waals surface area contributed by atoms with E-state index in [0.29, 0.717) is 12.0 Å². The van der Waals surface area contributed by atoms with Crippen molar-refractivity contribution in [2.24, 2.45) is 0 Å². The second kappa shape index (κ2) is 5.33. The van der Waals surface area contributed by atoms with E-state index in [1.54, 1.807) is 12.1 Å². The number of anilines is 1. The van der Waals surface area contributed by atoms with Crippen LogP contribution in [-0.2, 0) is 0 Å². The molecule has 0 heterocycles. The van der Waals surface area contributed by atoms with E-state index in [1.165, 1.54) is 0 Å². The molecule has 1 rings (SSSR count). The van der Waals surface area contributed by atoms with Crippen molar-refractivity contribution < 1.29 is 5.11 Å². The Bertz CT molecular complexity index is 410. The van der Waals surface area contributed by atoms with Crippen LogP contribution in [0.15, 0.2) is 22.7 Å². The fraction of sp³-hybridized carbons (Fsp3) is 0.417. The molecule has 0 saturated heterocycles. The molecule has 0 radical (unpaired) electrons. The Morgan fingerprint density at radius 1 is 1.44 bits per heavy atom. The third-order valence-corrected chi connectivity index (χ3v) is 2.70. The van der Waals surface area contributed by atoms with E-state index in [4.69, 9.17) is 10.4 Å². The van der Waals surface area contributed by atoms with Crippen molar-refractivity contribution in [2.75, 3.05) is 11.9 Å². The molecule has 0 spiro atoms. The summed E-state index contributed by atoms with van der Waals surface area (Å²) in [7, 11) is 0. The minimum Gasteiger partial charge on any atom is -0.396 e. The first kappa shape index (κ1) is 13.0. The van der Waals surface area contributed by atoms with Crippen molar-refractivity contribution in [3.8, 4) is 6.07 Å². The maximum absolute atomic E-state index is 8.93. The molecule has 0 aromatic heterocycles. The number of hydrogen-bond donors (Lipinski definition) is 2. The summed E-state index contributed by atoms with van der Waals surface area (Å²) in [5.41, 5.74) is 1.29. The van der Waals surface area contributed by atoms with E-state index in [0.717, 1.165) is 10.2 Å². The third kappa shape index (κ3) is 3.84. The van der Waals surface area contributed by atoms with Gasteiger partial charge in [-0.05, 0) is 38.5 Å². The predicted octanol–water partition coefficient (Wildman–Crippen LogP) is 2.89. The molecule has 0 fully saturated rings. The van der Waals surface area contributed by atoms with Gasteiger partial charge in [-0.2, -0.15) is 5.26 Å². The molecule has 0 aliphatic carbocycles. The Morgan fingerprint density at radius 2 is 2.12 bits per heavy atom. The number of hydrogen-bond acceptors (Lipinski definition) is 3. The van der Waals surface area contributed by atoms with Crippen LogP contribution in [0.3, 0.4) is 0 Å². The van der Waals surface area contributed by atoms with Gasteiger partial charge in [-0.15, -0.1) is 0 Å². The lowest BCUT2D eigenvalue weighted by molar-refractivity contribution is 0.261. The van der Waals surface area contributed by atoms with Crippen LogP contribution in [0.4, 0.5) is 5.69 Å². The van der Waals surface area contributed by atoms with Gasteiger partial charge in [0.05, 0.1) is 11.6 Å². The molecule has 3 nitrogen and oxygen atoms in total. The largest absolute Gasteiger partial charge is 0.396 e. The molecule has 16 heavy (non-hydrogen) atoms. The highest BCUT2D eigenvalue weighted by Crippen LogP contribution is 2.23. The molecule has 0 saturated carbocycles. The van der Waals surface area contributed by atoms with Crippen molar-refractivity contribution in [3.05, 3.63) is 28.2 Å². The number of aliphatic hydroxyl groups is 1. The van der Waals surface area contributed by atoms with Crippen molar-refractivity contribution in [2.45, 2.75) is 25.8 Å². The van der Waals surface area contributed by atoms with Gasteiger partial charge >= 0.3 is 0 Å². The van der Waals surface area contributed by atoms with Gasteiger partial charge < -0.3 is 10.4 Å². The Morgan fingerprint density at radius 3 is 2.69 bits per heavy atom. The molecular formula is C12H15BrN2O. The molecule has 0 atom stereocenters. The average Bonchev–Trinajstić information content (AvgIpc) is 2.15. The number of halogens is 1. The van der Waals surface area contributed by atoms with E-state index in [2.05, 4.69) is 27.3 Å². The summed E-state index contributed by atoms with van der Waals surface area (Å²) in [6.07, 6.45) is 0.654. The zero-order valence-electron chi connectivity index (χ0n) is 9.42. The van der Waals surface area contributed by atoms with Gasteiger partial charge in [0.2, 0.25) is 0 Å². The van der Waals surface area contributed by atoms with E-state index >= 15 is 0 Å². The highest BCUT2D eigenvalue weighted by Gasteiger charge is 2.16. The molecule has 2 N–H and O–H groups in total. The molecule has 0 aliphatic heterocycles. The molecule has 0 unspecified atom stereocenters. The topological polar surface area (TPSA) is 56.0 Å². The Balaban J connectivity index is 2.89. The first-order chi connectivity index (χ1) is 7.46.